The van der Waals surface area contributed by atoms with Crippen molar-refractivity contribution in [2.75, 3.05) is 18.5 Å². The smallest absolute Gasteiger partial charge is 0.306 e. The molecular formula is C22H28N2O5. The van der Waals surface area contributed by atoms with Crippen LogP contribution in [0.3, 0.4) is 0 Å². The Hall–Kier alpha value is -2.44. The quantitative estimate of drug-likeness (QED) is 0.290. The summed E-state index contributed by atoms with van der Waals surface area (Å²) in [6.45, 7) is 0.311. The molecule has 7 heteroatoms. The average molecular weight is 400 g/mol. The van der Waals surface area contributed by atoms with Crippen LogP contribution >= 0.6 is 0 Å². The molecule has 0 unspecified atom stereocenters. The second-order valence-electron chi connectivity index (χ2n) is 9.09. The van der Waals surface area contributed by atoms with Crippen molar-refractivity contribution in [2.45, 2.75) is 51.4 Å². The van der Waals surface area contributed by atoms with Crippen molar-refractivity contribution in [1.29, 1.82) is 0 Å². The molecule has 1 N–H and O–H groups in total. The molecule has 4 aliphatic rings. The Bertz CT molecular complexity index is 771. The number of hydrogen-bond donors (Lipinski definition) is 1. The summed E-state index contributed by atoms with van der Waals surface area (Å²) in [6.07, 6.45) is 7.44. The highest BCUT2D eigenvalue weighted by Gasteiger charge is 2.54. The van der Waals surface area contributed by atoms with Gasteiger partial charge in [-0.15, -0.1) is 0 Å². The Balaban J connectivity index is 1.19. The molecule has 0 spiro atoms. The highest BCUT2D eigenvalue weighted by Crippen LogP contribution is 2.60. The van der Waals surface area contributed by atoms with E-state index in [1.165, 1.54) is 25.3 Å². The fourth-order valence-electron chi connectivity index (χ4n) is 6.06. The van der Waals surface area contributed by atoms with Crippen molar-refractivity contribution in [3.8, 4) is 0 Å². The second-order valence-corrected chi connectivity index (χ2v) is 9.09. The van der Waals surface area contributed by atoms with Crippen molar-refractivity contribution >= 4 is 23.1 Å². The third-order valence-corrected chi connectivity index (χ3v) is 6.97. The Morgan fingerprint density at radius 3 is 2.34 bits per heavy atom. The first-order valence-electron chi connectivity index (χ1n) is 10.6. The summed E-state index contributed by atoms with van der Waals surface area (Å²) in [5.41, 5.74) is 0.210. The van der Waals surface area contributed by atoms with Crippen molar-refractivity contribution in [3.63, 3.8) is 0 Å². The first kappa shape index (κ1) is 19.9. The monoisotopic (exact) mass is 400 g/mol. The number of ether oxygens (including phenoxy) is 1. The van der Waals surface area contributed by atoms with E-state index in [1.807, 2.05) is 0 Å². The Labute approximate surface area is 170 Å². The Morgan fingerprint density at radius 1 is 1.10 bits per heavy atom. The minimum Gasteiger partial charge on any atom is -0.458 e. The molecule has 0 aliphatic heterocycles. The second kappa shape index (κ2) is 8.13. The first-order valence-corrected chi connectivity index (χ1v) is 10.6. The molecule has 1 aromatic carbocycles. The van der Waals surface area contributed by atoms with Crippen LogP contribution < -0.4 is 5.32 Å². The summed E-state index contributed by atoms with van der Waals surface area (Å²) in [6, 6.07) is 6.41. The summed E-state index contributed by atoms with van der Waals surface area (Å²) >= 11 is 0. The molecule has 4 bridgehead atoms. The molecule has 0 amide bonds. The number of carbonyl (C=O) groups excluding carboxylic acids is 2. The number of para-hydroxylation sites is 2. The van der Waals surface area contributed by atoms with E-state index in [1.54, 1.807) is 18.2 Å². The lowest BCUT2D eigenvalue weighted by Gasteiger charge is -2.55. The van der Waals surface area contributed by atoms with E-state index in [-0.39, 0.29) is 35.9 Å². The van der Waals surface area contributed by atoms with Crippen LogP contribution in [0.4, 0.5) is 11.4 Å². The van der Waals surface area contributed by atoms with Gasteiger partial charge in [-0.2, -0.15) is 0 Å². The standard InChI is InChI=1S/C22H28N2O5/c25-20(22-11-15-8-16(12-22)10-17(9-15)13-22)14-29-21(26)6-3-7-23-18-4-1-2-5-19(18)24(27)28/h1-2,4-5,15-17,23H,3,6-14H2. The molecule has 4 saturated carbocycles. The average Bonchev–Trinajstić information content (AvgIpc) is 2.68. The summed E-state index contributed by atoms with van der Waals surface area (Å²) in [7, 11) is 0. The van der Waals surface area contributed by atoms with Crippen molar-refractivity contribution < 1.29 is 19.2 Å². The van der Waals surface area contributed by atoms with E-state index >= 15 is 0 Å². The molecule has 29 heavy (non-hydrogen) atoms. The number of hydrogen-bond acceptors (Lipinski definition) is 6. The fraction of sp³-hybridized carbons (Fsp3) is 0.636. The molecule has 1 aromatic rings. The number of ketones is 1. The molecule has 7 nitrogen and oxygen atoms in total. The fourth-order valence-corrected chi connectivity index (χ4v) is 6.06. The molecular weight excluding hydrogens is 372 g/mol. The van der Waals surface area contributed by atoms with Gasteiger partial charge in [0.25, 0.3) is 5.69 Å². The predicted molar refractivity (Wildman–Crippen MR) is 107 cm³/mol. The van der Waals surface area contributed by atoms with E-state index in [4.69, 9.17) is 4.74 Å². The zero-order chi connectivity index (χ0) is 20.4. The number of esters is 1. The molecule has 5 rings (SSSR count). The van der Waals surface area contributed by atoms with Crippen molar-refractivity contribution in [1.82, 2.24) is 0 Å². The number of benzene rings is 1. The van der Waals surface area contributed by atoms with Crippen LogP contribution in [-0.2, 0) is 14.3 Å². The molecule has 0 heterocycles. The molecule has 0 saturated heterocycles. The zero-order valence-electron chi connectivity index (χ0n) is 16.6. The van der Waals surface area contributed by atoms with Gasteiger partial charge >= 0.3 is 5.97 Å². The van der Waals surface area contributed by atoms with Crippen LogP contribution in [0.2, 0.25) is 0 Å². The van der Waals surface area contributed by atoms with E-state index in [0.29, 0.717) is 36.4 Å². The molecule has 4 fully saturated rings. The van der Waals surface area contributed by atoms with Gasteiger partial charge in [-0.1, -0.05) is 12.1 Å². The van der Waals surface area contributed by atoms with E-state index in [0.717, 1.165) is 19.3 Å². The van der Waals surface area contributed by atoms with Gasteiger partial charge in [0.05, 0.1) is 4.92 Å². The lowest BCUT2D eigenvalue weighted by Crippen LogP contribution is -2.51. The van der Waals surface area contributed by atoms with Crippen LogP contribution in [-0.4, -0.2) is 29.8 Å². The van der Waals surface area contributed by atoms with Gasteiger partial charge in [0.2, 0.25) is 0 Å². The van der Waals surface area contributed by atoms with Gasteiger partial charge in [0.15, 0.2) is 12.4 Å². The molecule has 4 aliphatic carbocycles. The Kier molecular flexibility index (Phi) is 5.56. The van der Waals surface area contributed by atoms with Gasteiger partial charge in [-0.3, -0.25) is 19.7 Å². The third-order valence-electron chi connectivity index (χ3n) is 6.97. The van der Waals surface area contributed by atoms with Gasteiger partial charge in [-0.25, -0.2) is 0 Å². The summed E-state index contributed by atoms with van der Waals surface area (Å²) in [4.78, 5) is 35.5. The van der Waals surface area contributed by atoms with Crippen LogP contribution in [0.1, 0.15) is 51.4 Å². The lowest BCUT2D eigenvalue weighted by atomic mass is 9.48. The minimum atomic E-state index is -0.438. The summed E-state index contributed by atoms with van der Waals surface area (Å²) in [5, 5.41) is 14.0. The first-order chi connectivity index (χ1) is 13.9. The number of rotatable bonds is 9. The summed E-state index contributed by atoms with van der Waals surface area (Å²) in [5.74, 6) is 1.80. The lowest BCUT2D eigenvalue weighted by molar-refractivity contribution is -0.384. The van der Waals surface area contributed by atoms with Gasteiger partial charge in [0, 0.05) is 24.4 Å². The maximum absolute atomic E-state index is 12.9. The normalized spacial score (nSPS) is 29.4. The number of nitrogens with zero attached hydrogens (tertiary/aromatic N) is 1. The highest BCUT2D eigenvalue weighted by molar-refractivity contribution is 5.88. The minimum absolute atomic E-state index is 0.0104. The van der Waals surface area contributed by atoms with Gasteiger partial charge in [0.1, 0.15) is 5.69 Å². The topological polar surface area (TPSA) is 98.5 Å². The third kappa shape index (κ3) is 4.28. The van der Waals surface area contributed by atoms with Crippen LogP contribution in [0.15, 0.2) is 24.3 Å². The van der Waals surface area contributed by atoms with E-state index < -0.39 is 4.92 Å². The molecule has 156 valence electrons. The zero-order valence-corrected chi connectivity index (χ0v) is 16.6. The maximum Gasteiger partial charge on any atom is 0.306 e. The van der Waals surface area contributed by atoms with Crippen molar-refractivity contribution in [2.24, 2.45) is 23.2 Å². The largest absolute Gasteiger partial charge is 0.458 e. The van der Waals surface area contributed by atoms with Crippen molar-refractivity contribution in [3.05, 3.63) is 34.4 Å². The van der Waals surface area contributed by atoms with E-state index in [2.05, 4.69) is 5.32 Å². The molecule has 0 aromatic heterocycles. The number of nitro benzene ring substituents is 1. The number of anilines is 1. The van der Waals surface area contributed by atoms with E-state index in [9.17, 15) is 19.7 Å². The van der Waals surface area contributed by atoms with Crippen LogP contribution in [0.25, 0.3) is 0 Å². The van der Waals surface area contributed by atoms with Gasteiger partial charge in [-0.05, 0) is 68.8 Å². The highest BCUT2D eigenvalue weighted by atomic mass is 16.6. The number of nitro groups is 1. The predicted octanol–water partition coefficient (Wildman–Crippen LogP) is 4.12. The maximum atomic E-state index is 12.9. The van der Waals surface area contributed by atoms with Crippen LogP contribution in [0, 0.1) is 33.3 Å². The van der Waals surface area contributed by atoms with Gasteiger partial charge < -0.3 is 10.1 Å². The molecule has 0 atom stereocenters. The van der Waals surface area contributed by atoms with Crippen LogP contribution in [0.5, 0.6) is 0 Å². The number of carbonyl (C=O) groups is 2. The Morgan fingerprint density at radius 2 is 1.72 bits per heavy atom. The SMILES string of the molecule is O=C(CCCNc1ccccc1[N+](=O)[O-])OCC(=O)C12CC3CC(CC(C3)C1)C2. The summed E-state index contributed by atoms with van der Waals surface area (Å²) < 4.78 is 5.28. The number of Topliss-reactive ketones (excluding diaryl/α,β-unsaturated/α-hetero) is 1. The molecule has 0 radical (unpaired) electrons. The number of nitrogens with one attached hydrogen (secondary N) is 1.